The topological polar surface area (TPSA) is 0 Å². The van der Waals surface area contributed by atoms with Crippen LogP contribution in [0.4, 0.5) is 0 Å². The lowest BCUT2D eigenvalue weighted by Crippen LogP contribution is -2.17. The molecule has 1 unspecified atom stereocenters. The zero-order valence-electron chi connectivity index (χ0n) is 20.1. The van der Waals surface area contributed by atoms with Gasteiger partial charge in [-0.2, -0.15) is 0 Å². The van der Waals surface area contributed by atoms with Crippen LogP contribution in [0.5, 0.6) is 0 Å². The zero-order valence-corrected chi connectivity index (χ0v) is 20.1. The zero-order chi connectivity index (χ0) is 22.1. The average molecular weight is 423 g/mol. The summed E-state index contributed by atoms with van der Waals surface area (Å²) in [6, 6.07) is 13.7. The van der Waals surface area contributed by atoms with Gasteiger partial charge in [-0.15, -0.1) is 0 Å². The third-order valence-corrected chi connectivity index (χ3v) is 8.34. The molecule has 0 bridgehead atoms. The van der Waals surface area contributed by atoms with Crippen LogP contribution in [0.2, 0.25) is 0 Å². The molecule has 32 heavy (non-hydrogen) atoms. The lowest BCUT2D eigenvalue weighted by atomic mass is 9.74. The van der Waals surface area contributed by atoms with Crippen molar-refractivity contribution in [2.75, 3.05) is 0 Å². The van der Waals surface area contributed by atoms with E-state index in [-0.39, 0.29) is 0 Å². The number of hydrogen-bond donors (Lipinski definition) is 0. The Kier molecular flexibility index (Phi) is 6.22. The smallest absolute Gasteiger partial charge is 0.00105 e. The van der Waals surface area contributed by atoms with Crippen LogP contribution in [0.1, 0.15) is 98.1 Å². The van der Waals surface area contributed by atoms with Gasteiger partial charge >= 0.3 is 0 Å². The highest BCUT2D eigenvalue weighted by atomic mass is 14.3. The van der Waals surface area contributed by atoms with Gasteiger partial charge in [0, 0.05) is 0 Å². The van der Waals surface area contributed by atoms with Gasteiger partial charge in [-0.25, -0.2) is 0 Å². The van der Waals surface area contributed by atoms with Crippen LogP contribution < -0.4 is 0 Å². The second-order valence-electron chi connectivity index (χ2n) is 10.3. The van der Waals surface area contributed by atoms with E-state index in [1.165, 1.54) is 84.8 Å². The number of unbranched alkanes of at least 4 members (excludes halogenated alkanes) is 1. The summed E-state index contributed by atoms with van der Waals surface area (Å²) in [5.74, 6) is 1.51. The minimum atomic E-state index is 0.663. The van der Waals surface area contributed by atoms with E-state index in [4.69, 9.17) is 0 Å². The van der Waals surface area contributed by atoms with Crippen molar-refractivity contribution in [3.05, 3.63) is 94.1 Å². The molecule has 0 radical (unpaired) electrons. The second kappa shape index (κ2) is 9.26. The fourth-order valence-electron chi connectivity index (χ4n) is 6.45. The van der Waals surface area contributed by atoms with Crippen LogP contribution in [0.15, 0.2) is 60.7 Å². The Labute approximate surface area is 195 Å². The molecule has 2 aromatic carbocycles. The molecular weight excluding hydrogens is 384 g/mol. The molecule has 1 fully saturated rings. The van der Waals surface area contributed by atoms with Gasteiger partial charge in [-0.3, -0.25) is 0 Å². The Morgan fingerprint density at radius 1 is 1.03 bits per heavy atom. The van der Waals surface area contributed by atoms with Gasteiger partial charge in [0.05, 0.1) is 0 Å². The van der Waals surface area contributed by atoms with Gasteiger partial charge in [-0.1, -0.05) is 94.7 Å². The van der Waals surface area contributed by atoms with Crippen LogP contribution in [-0.4, -0.2) is 0 Å². The number of fused-ring (bicyclic) bond motifs is 2. The fourth-order valence-corrected chi connectivity index (χ4v) is 6.45. The maximum Gasteiger partial charge on any atom is -0.00105 e. The minimum absolute atomic E-state index is 0.663. The second-order valence-corrected chi connectivity index (χ2v) is 10.3. The first kappa shape index (κ1) is 21.5. The number of allylic oxidation sites excluding steroid dienone is 5. The molecule has 1 saturated carbocycles. The summed E-state index contributed by atoms with van der Waals surface area (Å²) in [6.45, 7) is 9.43. The fraction of sp³-hybridized carbons (Fsp3) is 0.438. The lowest BCUT2D eigenvalue weighted by Gasteiger charge is -2.31. The molecule has 0 saturated heterocycles. The van der Waals surface area contributed by atoms with Crippen LogP contribution in [0, 0.1) is 5.92 Å². The minimum Gasteiger partial charge on any atom is -0.0909 e. The third kappa shape index (κ3) is 3.94. The molecule has 1 atom stereocenters. The number of aryl methyl sites for hydroxylation is 1. The number of hydrogen-bond acceptors (Lipinski definition) is 0. The molecule has 0 nitrogen and oxygen atoms in total. The average Bonchev–Trinajstić information content (AvgIpc) is 3.38. The SMILES string of the molecule is C=C1/C(=C/C2=CCc3ccccc32)Cc2c1ccc(CCCC)c2C(C)C1CCCCC1. The van der Waals surface area contributed by atoms with E-state index < -0.39 is 0 Å². The molecular formula is C32H38. The molecule has 0 heteroatoms. The monoisotopic (exact) mass is 422 g/mol. The molecule has 0 N–H and O–H groups in total. The summed E-state index contributed by atoms with van der Waals surface area (Å²) in [4.78, 5) is 0. The van der Waals surface area contributed by atoms with Gasteiger partial charge < -0.3 is 0 Å². The molecule has 3 aliphatic carbocycles. The third-order valence-electron chi connectivity index (χ3n) is 8.34. The summed E-state index contributed by atoms with van der Waals surface area (Å²) in [5.41, 5.74) is 13.2. The highest BCUT2D eigenvalue weighted by Crippen LogP contribution is 2.46. The first-order valence-electron chi connectivity index (χ1n) is 13.0. The molecule has 0 spiro atoms. The maximum absolute atomic E-state index is 4.58. The first-order chi connectivity index (χ1) is 15.7. The Morgan fingerprint density at radius 3 is 2.66 bits per heavy atom. The van der Waals surface area contributed by atoms with Crippen LogP contribution in [-0.2, 0) is 19.3 Å². The van der Waals surface area contributed by atoms with Gasteiger partial charge in [0.2, 0.25) is 0 Å². The molecule has 2 aromatic rings. The van der Waals surface area contributed by atoms with Gasteiger partial charge in [-0.05, 0) is 100 Å². The highest BCUT2D eigenvalue weighted by Gasteiger charge is 2.30. The van der Waals surface area contributed by atoms with Crippen molar-refractivity contribution in [2.24, 2.45) is 5.92 Å². The first-order valence-corrected chi connectivity index (χ1v) is 13.0. The molecule has 3 aliphatic rings. The quantitative estimate of drug-likeness (QED) is 0.436. The molecule has 0 amide bonds. The van der Waals surface area contributed by atoms with E-state index in [0.717, 1.165) is 18.8 Å². The standard InChI is InChI=1S/C32H38/c1-4-5-11-26-18-19-29-22(2)28(20-27-17-16-25-14-9-10-15-30(25)27)21-31(29)32(26)23(3)24-12-7-6-8-13-24/h9-10,14-15,17-20,23-24H,2,4-8,11-13,16,21H2,1,3H3/b28-20+. The molecule has 0 aliphatic heterocycles. The molecule has 166 valence electrons. The summed E-state index contributed by atoms with van der Waals surface area (Å²) >= 11 is 0. The predicted octanol–water partition coefficient (Wildman–Crippen LogP) is 8.85. The van der Waals surface area contributed by atoms with Crippen molar-refractivity contribution < 1.29 is 0 Å². The predicted molar refractivity (Wildman–Crippen MR) is 139 cm³/mol. The van der Waals surface area contributed by atoms with Crippen molar-refractivity contribution in [3.63, 3.8) is 0 Å². The largest absolute Gasteiger partial charge is 0.0909 e. The molecule has 0 aromatic heterocycles. The number of rotatable bonds is 6. The van der Waals surface area contributed by atoms with E-state index in [0.29, 0.717) is 5.92 Å². The van der Waals surface area contributed by atoms with E-state index >= 15 is 0 Å². The van der Waals surface area contributed by atoms with Crippen molar-refractivity contribution in [1.29, 1.82) is 0 Å². The van der Waals surface area contributed by atoms with Gasteiger partial charge in [0.1, 0.15) is 0 Å². The van der Waals surface area contributed by atoms with Crippen LogP contribution >= 0.6 is 0 Å². The summed E-state index contributed by atoms with van der Waals surface area (Å²) in [5, 5.41) is 0. The van der Waals surface area contributed by atoms with Crippen molar-refractivity contribution in [1.82, 2.24) is 0 Å². The number of benzene rings is 2. The van der Waals surface area contributed by atoms with Crippen LogP contribution in [0.25, 0.3) is 11.1 Å². The lowest BCUT2D eigenvalue weighted by molar-refractivity contribution is 0.314. The van der Waals surface area contributed by atoms with E-state index in [1.807, 2.05) is 0 Å². The van der Waals surface area contributed by atoms with Crippen molar-refractivity contribution >= 4 is 11.1 Å². The maximum atomic E-state index is 4.58. The van der Waals surface area contributed by atoms with E-state index in [2.05, 4.69) is 69.0 Å². The normalized spacial score (nSPS) is 20.4. The van der Waals surface area contributed by atoms with E-state index in [1.54, 1.807) is 16.7 Å². The molecule has 5 rings (SSSR count). The van der Waals surface area contributed by atoms with E-state index in [9.17, 15) is 0 Å². The summed E-state index contributed by atoms with van der Waals surface area (Å²) in [7, 11) is 0. The summed E-state index contributed by atoms with van der Waals surface area (Å²) < 4.78 is 0. The summed E-state index contributed by atoms with van der Waals surface area (Å²) in [6.07, 6.45) is 17.8. The Hall–Kier alpha value is -2.34. The Morgan fingerprint density at radius 2 is 1.84 bits per heavy atom. The van der Waals surface area contributed by atoms with Crippen LogP contribution in [0.3, 0.4) is 0 Å². The molecule has 0 heterocycles. The van der Waals surface area contributed by atoms with Gasteiger partial charge in [0.15, 0.2) is 0 Å². The highest BCUT2D eigenvalue weighted by molar-refractivity contribution is 5.91. The Balaban J connectivity index is 1.51. The van der Waals surface area contributed by atoms with Gasteiger partial charge in [0.25, 0.3) is 0 Å². The van der Waals surface area contributed by atoms with Crippen molar-refractivity contribution in [3.8, 4) is 0 Å². The Bertz CT molecular complexity index is 1070. The van der Waals surface area contributed by atoms with Crippen molar-refractivity contribution in [2.45, 2.75) is 84.0 Å².